The zero-order valence-corrected chi connectivity index (χ0v) is 14.5. The van der Waals surface area contributed by atoms with Crippen molar-refractivity contribution in [2.75, 3.05) is 32.8 Å². The number of hydrogen-bond donors (Lipinski definition) is 4. The third-order valence-electron chi connectivity index (χ3n) is 2.71. The molecule has 0 bridgehead atoms. The first-order valence-electron chi connectivity index (χ1n) is 6.72. The summed E-state index contributed by atoms with van der Waals surface area (Å²) >= 11 is 0. The zero-order valence-electron chi connectivity index (χ0n) is 12.5. The molecule has 1 aromatic carbocycles. The van der Waals surface area contributed by atoms with E-state index in [2.05, 4.69) is 10.6 Å². The largest absolute Gasteiger partial charge is 1.00 e. The van der Waals surface area contributed by atoms with E-state index >= 15 is 0 Å². The molecule has 0 radical (unpaired) electrons. The maximum Gasteiger partial charge on any atom is 1.00 e. The van der Waals surface area contributed by atoms with Crippen molar-refractivity contribution in [1.82, 2.24) is 10.6 Å². The van der Waals surface area contributed by atoms with Gasteiger partial charge in [0.15, 0.2) is 0 Å². The smallest absolute Gasteiger partial charge is 0.480 e. The number of nitrogens with two attached hydrogens (primary N) is 1. The van der Waals surface area contributed by atoms with E-state index in [1.54, 1.807) is 0 Å². The number of carbonyl (C=O) groups is 1. The van der Waals surface area contributed by atoms with Crippen LogP contribution < -0.4 is 45.9 Å². The molecule has 1 atom stereocenters. The summed E-state index contributed by atoms with van der Waals surface area (Å²) < 4.78 is 5.44. The predicted octanol–water partition coefficient (Wildman–Crippen LogP) is -3.20. The molecule has 0 saturated heterocycles. The Bertz CT molecular complexity index is 379. The van der Waals surface area contributed by atoms with Gasteiger partial charge in [-0.05, 0) is 5.56 Å². The Morgan fingerprint density at radius 1 is 1.24 bits per heavy atom. The van der Waals surface area contributed by atoms with Crippen molar-refractivity contribution in [3.05, 3.63) is 35.9 Å². The quantitative estimate of drug-likeness (QED) is 0.254. The Labute approximate surface area is 147 Å². The Kier molecular flexibility index (Phi) is 12.9. The molecular weight excluding hydrogens is 281 g/mol. The fourth-order valence-corrected chi connectivity index (χ4v) is 1.65. The third-order valence-corrected chi connectivity index (χ3v) is 2.71. The molecular formula is C14H23N3NaO3+. The van der Waals surface area contributed by atoms with Gasteiger partial charge in [0.05, 0.1) is 13.2 Å². The van der Waals surface area contributed by atoms with Crippen LogP contribution in [0.2, 0.25) is 0 Å². The van der Waals surface area contributed by atoms with Gasteiger partial charge in [0.2, 0.25) is 0 Å². The van der Waals surface area contributed by atoms with Crippen LogP contribution in [0.3, 0.4) is 0 Å². The van der Waals surface area contributed by atoms with Gasteiger partial charge in [-0.2, -0.15) is 0 Å². The molecule has 1 unspecified atom stereocenters. The number of carboxylic acids is 1. The van der Waals surface area contributed by atoms with Gasteiger partial charge in [0.25, 0.3) is 0 Å². The third kappa shape index (κ3) is 9.97. The number of rotatable bonds is 11. The van der Waals surface area contributed by atoms with Crippen molar-refractivity contribution < 1.29 is 44.2 Å². The Morgan fingerprint density at radius 2 is 1.95 bits per heavy atom. The second kappa shape index (κ2) is 13.2. The number of carboxylic acid groups (broad SMARTS) is 1. The first-order valence-corrected chi connectivity index (χ1v) is 6.72. The fourth-order valence-electron chi connectivity index (χ4n) is 1.65. The number of benzene rings is 1. The van der Waals surface area contributed by atoms with Gasteiger partial charge in [-0.15, -0.1) is 0 Å². The number of hydrogen-bond acceptors (Lipinski definition) is 5. The van der Waals surface area contributed by atoms with E-state index in [1.807, 2.05) is 30.3 Å². The van der Waals surface area contributed by atoms with Gasteiger partial charge < -0.3 is 26.2 Å². The fraction of sp³-hybridized carbons (Fsp3) is 0.500. The minimum Gasteiger partial charge on any atom is -0.480 e. The van der Waals surface area contributed by atoms with Crippen molar-refractivity contribution in [3.63, 3.8) is 0 Å². The van der Waals surface area contributed by atoms with E-state index in [0.717, 1.165) is 12.1 Å². The van der Waals surface area contributed by atoms with Gasteiger partial charge >= 0.3 is 35.5 Å². The summed E-state index contributed by atoms with van der Waals surface area (Å²) in [5, 5.41) is 15.1. The molecule has 5 N–H and O–H groups in total. The van der Waals surface area contributed by atoms with Crippen molar-refractivity contribution in [2.45, 2.75) is 12.6 Å². The minimum absolute atomic E-state index is 0. The van der Waals surface area contributed by atoms with Crippen LogP contribution in [0.25, 0.3) is 0 Å². The number of ether oxygens (including phenoxy) is 1. The van der Waals surface area contributed by atoms with E-state index in [1.165, 1.54) is 0 Å². The van der Waals surface area contributed by atoms with E-state index in [9.17, 15) is 4.79 Å². The van der Waals surface area contributed by atoms with Crippen LogP contribution in [0, 0.1) is 0 Å². The molecule has 0 amide bonds. The molecule has 0 aliphatic heterocycles. The first kappa shape index (κ1) is 20.5. The topological polar surface area (TPSA) is 96.6 Å². The summed E-state index contributed by atoms with van der Waals surface area (Å²) in [6.45, 7) is 3.09. The molecule has 0 aliphatic carbocycles. The van der Waals surface area contributed by atoms with E-state index in [0.29, 0.717) is 26.2 Å². The van der Waals surface area contributed by atoms with Crippen molar-refractivity contribution >= 4 is 5.97 Å². The maximum absolute atomic E-state index is 11.1. The second-order valence-corrected chi connectivity index (χ2v) is 4.38. The molecule has 6 nitrogen and oxygen atoms in total. The van der Waals surface area contributed by atoms with Crippen LogP contribution in [-0.4, -0.2) is 49.9 Å². The molecule has 0 heterocycles. The van der Waals surface area contributed by atoms with Gasteiger partial charge in [-0.1, -0.05) is 30.3 Å². The second-order valence-electron chi connectivity index (χ2n) is 4.38. The van der Waals surface area contributed by atoms with Gasteiger partial charge in [-0.25, -0.2) is 0 Å². The Morgan fingerprint density at radius 3 is 2.57 bits per heavy atom. The zero-order chi connectivity index (χ0) is 14.6. The molecule has 7 heteroatoms. The van der Waals surface area contributed by atoms with E-state index < -0.39 is 12.0 Å². The van der Waals surface area contributed by atoms with E-state index in [4.69, 9.17) is 15.6 Å². The molecule has 0 saturated carbocycles. The first-order chi connectivity index (χ1) is 9.74. The number of nitrogens with one attached hydrogen (secondary N) is 2. The molecule has 21 heavy (non-hydrogen) atoms. The molecule has 1 aromatic rings. The summed E-state index contributed by atoms with van der Waals surface area (Å²) in [6, 6.07) is 8.97. The molecule has 1 rings (SSSR count). The van der Waals surface area contributed by atoms with Gasteiger partial charge in [-0.3, -0.25) is 4.79 Å². The van der Waals surface area contributed by atoms with Crippen LogP contribution in [0.1, 0.15) is 5.56 Å². The minimum atomic E-state index is -0.906. The van der Waals surface area contributed by atoms with Crippen LogP contribution in [0.15, 0.2) is 30.3 Å². The van der Waals surface area contributed by atoms with Crippen LogP contribution >= 0.6 is 0 Å². The van der Waals surface area contributed by atoms with Gasteiger partial charge in [0, 0.05) is 26.2 Å². The summed E-state index contributed by atoms with van der Waals surface area (Å²) in [7, 11) is 0. The monoisotopic (exact) mass is 304 g/mol. The normalized spacial score (nSPS) is 11.7. The molecule has 0 spiro atoms. The van der Waals surface area contributed by atoms with Gasteiger partial charge in [0.1, 0.15) is 6.04 Å². The molecule has 0 aliphatic rings. The molecule has 0 fully saturated rings. The van der Waals surface area contributed by atoms with Crippen LogP contribution in [-0.2, 0) is 16.1 Å². The average molecular weight is 304 g/mol. The average Bonchev–Trinajstić information content (AvgIpc) is 2.46. The standard InChI is InChI=1S/C14H23N3O3.Na/c15-6-7-16-8-9-17-13(14(18)19)11-20-10-12-4-2-1-3-5-12;/h1-5,13,16-17H,6-11,15H2,(H,18,19);/q;+1. The SMILES string of the molecule is NCCNCCNC(COCc1ccccc1)C(=O)O.[Na+]. The summed E-state index contributed by atoms with van der Waals surface area (Å²) in [5.41, 5.74) is 6.37. The van der Waals surface area contributed by atoms with Crippen LogP contribution in [0.5, 0.6) is 0 Å². The van der Waals surface area contributed by atoms with Crippen molar-refractivity contribution in [2.24, 2.45) is 5.73 Å². The summed E-state index contributed by atoms with van der Waals surface area (Å²) in [6.07, 6.45) is 0. The molecule has 0 aromatic heterocycles. The Balaban J connectivity index is 0.00000400. The van der Waals surface area contributed by atoms with Crippen molar-refractivity contribution in [1.29, 1.82) is 0 Å². The predicted molar refractivity (Wildman–Crippen MR) is 77.4 cm³/mol. The van der Waals surface area contributed by atoms with E-state index in [-0.39, 0.29) is 36.2 Å². The Hall–Kier alpha value is -0.470. The van der Waals surface area contributed by atoms with Crippen molar-refractivity contribution in [3.8, 4) is 0 Å². The molecule has 112 valence electrons. The summed E-state index contributed by atoms with van der Waals surface area (Å²) in [4.78, 5) is 11.1. The van der Waals surface area contributed by atoms with Crippen LogP contribution in [0.4, 0.5) is 0 Å². The number of aliphatic carboxylic acids is 1. The maximum atomic E-state index is 11.1. The summed E-state index contributed by atoms with van der Waals surface area (Å²) in [5.74, 6) is -0.906.